The van der Waals surface area contributed by atoms with Crippen molar-refractivity contribution in [3.8, 4) is 0 Å². The molecule has 2 unspecified atom stereocenters. The van der Waals surface area contributed by atoms with Gasteiger partial charge in [0.15, 0.2) is 0 Å². The number of nitrogens with zero attached hydrogens (tertiary/aromatic N) is 1. The third-order valence-electron chi connectivity index (χ3n) is 2.87. The molecule has 18 heavy (non-hydrogen) atoms. The second kappa shape index (κ2) is 4.89. The molecule has 2 rings (SSSR count). The zero-order valence-electron chi connectivity index (χ0n) is 9.70. The first-order valence-electron chi connectivity index (χ1n) is 5.52. The Morgan fingerprint density at radius 1 is 1.61 bits per heavy atom. The molecule has 0 aromatic carbocycles. The van der Waals surface area contributed by atoms with Crippen molar-refractivity contribution in [2.45, 2.75) is 31.7 Å². The summed E-state index contributed by atoms with van der Waals surface area (Å²) >= 11 is 1.45. The topological polar surface area (TPSA) is 32.3 Å². The van der Waals surface area contributed by atoms with E-state index in [1.54, 1.807) is 0 Å². The Bertz CT molecular complexity index is 418. The number of amides is 1. The molecule has 2 heterocycles. The fourth-order valence-electron chi connectivity index (χ4n) is 2.16. The monoisotopic (exact) mass is 278 g/mol. The van der Waals surface area contributed by atoms with E-state index < -0.39 is 24.8 Å². The number of thiophene rings is 1. The molecule has 1 saturated heterocycles. The van der Waals surface area contributed by atoms with E-state index in [1.165, 1.54) is 23.2 Å². The van der Waals surface area contributed by atoms with Crippen LogP contribution < -0.4 is 5.32 Å². The van der Waals surface area contributed by atoms with Gasteiger partial charge in [0, 0.05) is 6.04 Å². The summed E-state index contributed by atoms with van der Waals surface area (Å²) in [5.74, 6) is -0.289. The van der Waals surface area contributed by atoms with E-state index in [9.17, 15) is 18.0 Å². The highest BCUT2D eigenvalue weighted by atomic mass is 32.1. The molecule has 0 saturated carbocycles. The highest BCUT2D eigenvalue weighted by molar-refractivity contribution is 7.07. The van der Waals surface area contributed by atoms with Crippen LogP contribution in [0.1, 0.15) is 25.1 Å². The van der Waals surface area contributed by atoms with Crippen molar-refractivity contribution < 1.29 is 18.0 Å². The molecule has 1 aliphatic heterocycles. The van der Waals surface area contributed by atoms with E-state index >= 15 is 0 Å². The number of hydrogen-bond acceptors (Lipinski definition) is 3. The number of hydrogen-bond donors (Lipinski definition) is 1. The normalized spacial score (nSPS) is 22.6. The Kier molecular flexibility index (Phi) is 3.63. The fraction of sp³-hybridized carbons (Fsp3) is 0.545. The summed E-state index contributed by atoms with van der Waals surface area (Å²) in [5.41, 5.74) is 0.833. The quantitative estimate of drug-likeness (QED) is 0.921. The summed E-state index contributed by atoms with van der Waals surface area (Å²) in [4.78, 5) is 13.0. The lowest BCUT2D eigenvalue weighted by atomic mass is 10.1. The Balaban J connectivity index is 2.15. The van der Waals surface area contributed by atoms with Gasteiger partial charge in [-0.15, -0.1) is 0 Å². The molecule has 7 heteroatoms. The number of nitrogens with one attached hydrogen (secondary N) is 1. The van der Waals surface area contributed by atoms with Gasteiger partial charge in [-0.2, -0.15) is 24.5 Å². The maximum atomic E-state index is 12.4. The van der Waals surface area contributed by atoms with Crippen molar-refractivity contribution in [2.75, 3.05) is 6.54 Å². The highest BCUT2D eigenvalue weighted by Crippen LogP contribution is 2.31. The van der Waals surface area contributed by atoms with Crippen LogP contribution in [0.25, 0.3) is 0 Å². The van der Waals surface area contributed by atoms with Crippen molar-refractivity contribution in [1.29, 1.82) is 0 Å². The van der Waals surface area contributed by atoms with E-state index in [0.29, 0.717) is 0 Å². The van der Waals surface area contributed by atoms with Crippen molar-refractivity contribution in [3.05, 3.63) is 22.4 Å². The third kappa shape index (κ3) is 2.84. The van der Waals surface area contributed by atoms with E-state index in [4.69, 9.17) is 0 Å². The van der Waals surface area contributed by atoms with Crippen molar-refractivity contribution in [1.82, 2.24) is 10.2 Å². The van der Waals surface area contributed by atoms with Crippen LogP contribution in [-0.2, 0) is 4.79 Å². The van der Waals surface area contributed by atoms with Crippen LogP contribution in [0.2, 0.25) is 0 Å². The zero-order chi connectivity index (χ0) is 13.3. The maximum absolute atomic E-state index is 12.4. The van der Waals surface area contributed by atoms with Gasteiger partial charge < -0.3 is 4.90 Å². The summed E-state index contributed by atoms with van der Waals surface area (Å²) in [5, 5.41) is 6.62. The van der Waals surface area contributed by atoms with Crippen LogP contribution >= 0.6 is 11.3 Å². The van der Waals surface area contributed by atoms with Crippen LogP contribution in [0.4, 0.5) is 13.2 Å². The number of carbonyl (C=O) groups excluding carboxylic acids is 1. The zero-order valence-corrected chi connectivity index (χ0v) is 10.5. The van der Waals surface area contributed by atoms with Gasteiger partial charge in [-0.3, -0.25) is 10.1 Å². The predicted molar refractivity (Wildman–Crippen MR) is 62.0 cm³/mol. The first-order valence-corrected chi connectivity index (χ1v) is 6.46. The minimum absolute atomic E-state index is 0.0860. The Hall–Kier alpha value is -1.08. The largest absolute Gasteiger partial charge is 0.391 e. The van der Waals surface area contributed by atoms with Crippen molar-refractivity contribution in [2.24, 2.45) is 0 Å². The van der Waals surface area contributed by atoms with Crippen LogP contribution in [0.5, 0.6) is 0 Å². The minimum Gasteiger partial charge on any atom is -0.319 e. The molecule has 100 valence electrons. The average Bonchev–Trinajstić information content (AvgIpc) is 2.82. The van der Waals surface area contributed by atoms with E-state index in [2.05, 4.69) is 5.32 Å². The number of alkyl halides is 3. The number of rotatable bonds is 3. The fourth-order valence-corrected chi connectivity index (χ4v) is 2.84. The van der Waals surface area contributed by atoms with Crippen LogP contribution in [0.15, 0.2) is 16.8 Å². The molecular formula is C11H13F3N2OS. The summed E-state index contributed by atoms with van der Waals surface area (Å²) in [6.07, 6.45) is -5.69. The summed E-state index contributed by atoms with van der Waals surface area (Å²) in [6.45, 7) is 1.51. The Morgan fingerprint density at radius 2 is 2.33 bits per heavy atom. The van der Waals surface area contributed by atoms with Gasteiger partial charge >= 0.3 is 6.18 Å². The van der Waals surface area contributed by atoms with E-state index in [1.807, 2.05) is 16.8 Å². The second-order valence-corrected chi connectivity index (χ2v) is 5.09. The molecule has 2 atom stereocenters. The summed E-state index contributed by atoms with van der Waals surface area (Å²) < 4.78 is 37.2. The third-order valence-corrected chi connectivity index (χ3v) is 3.57. The van der Waals surface area contributed by atoms with Crippen molar-refractivity contribution >= 4 is 17.2 Å². The predicted octanol–water partition coefficient (Wildman–Crippen LogP) is 2.52. The second-order valence-electron chi connectivity index (χ2n) is 4.31. The standard InChI is InChI=1S/C11H13F3N2OS/c1-7(4-11(12,13)14)16-9(17)5-15-10(16)8-2-3-18-6-8/h2-3,6-7,10,15H,4-5H2,1H3. The van der Waals surface area contributed by atoms with Gasteiger partial charge in [-0.25, -0.2) is 0 Å². The molecule has 0 spiro atoms. The average molecular weight is 278 g/mol. The molecule has 1 fully saturated rings. The molecule has 1 aromatic heterocycles. The van der Waals surface area contributed by atoms with Crippen LogP contribution in [0.3, 0.4) is 0 Å². The van der Waals surface area contributed by atoms with Gasteiger partial charge in [0.1, 0.15) is 6.17 Å². The first kappa shape index (κ1) is 13.4. The molecule has 1 N–H and O–H groups in total. The molecule has 0 bridgehead atoms. The number of halogens is 3. The molecule has 1 aliphatic rings. The molecule has 3 nitrogen and oxygen atoms in total. The van der Waals surface area contributed by atoms with Gasteiger partial charge in [0.2, 0.25) is 5.91 Å². The lowest BCUT2D eigenvalue weighted by Crippen LogP contribution is -2.40. The molecule has 0 aliphatic carbocycles. The molecule has 1 aromatic rings. The van der Waals surface area contributed by atoms with Gasteiger partial charge in [0.25, 0.3) is 0 Å². The maximum Gasteiger partial charge on any atom is 0.391 e. The summed E-state index contributed by atoms with van der Waals surface area (Å²) in [6, 6.07) is 0.950. The highest BCUT2D eigenvalue weighted by Gasteiger charge is 2.40. The molecule has 1 amide bonds. The van der Waals surface area contributed by atoms with Gasteiger partial charge in [-0.1, -0.05) is 0 Å². The first-order chi connectivity index (χ1) is 8.38. The molecule has 0 radical (unpaired) electrons. The Labute approximate surface area is 107 Å². The smallest absolute Gasteiger partial charge is 0.319 e. The lowest BCUT2D eigenvalue weighted by Gasteiger charge is -2.30. The minimum atomic E-state index is -4.26. The molecular weight excluding hydrogens is 265 g/mol. The van der Waals surface area contributed by atoms with E-state index in [0.717, 1.165) is 5.56 Å². The lowest BCUT2D eigenvalue weighted by molar-refractivity contribution is -0.153. The Morgan fingerprint density at radius 3 is 2.89 bits per heavy atom. The van der Waals surface area contributed by atoms with Crippen LogP contribution in [0, 0.1) is 0 Å². The van der Waals surface area contributed by atoms with Gasteiger partial charge in [-0.05, 0) is 29.3 Å². The summed E-state index contributed by atoms with van der Waals surface area (Å²) in [7, 11) is 0. The SMILES string of the molecule is CC(CC(F)(F)F)N1C(=O)CNC1c1ccsc1. The van der Waals surface area contributed by atoms with E-state index in [-0.39, 0.29) is 12.5 Å². The van der Waals surface area contributed by atoms with Gasteiger partial charge in [0.05, 0.1) is 13.0 Å². The number of carbonyl (C=O) groups is 1. The van der Waals surface area contributed by atoms with Crippen molar-refractivity contribution in [3.63, 3.8) is 0 Å². The van der Waals surface area contributed by atoms with Crippen LogP contribution in [-0.4, -0.2) is 29.6 Å².